The molecule has 0 saturated carbocycles. The third kappa shape index (κ3) is 3.52. The first-order chi connectivity index (χ1) is 10.5. The van der Waals surface area contributed by atoms with Crippen LogP contribution in [0.3, 0.4) is 0 Å². The van der Waals surface area contributed by atoms with Crippen LogP contribution >= 0.6 is 0 Å². The summed E-state index contributed by atoms with van der Waals surface area (Å²) in [7, 11) is 1.31. The maximum absolute atomic E-state index is 12.0. The van der Waals surface area contributed by atoms with Crippen LogP contribution in [0.4, 0.5) is 0 Å². The smallest absolute Gasteiger partial charge is 0.338 e. The highest BCUT2D eigenvalue weighted by Gasteiger charge is 2.14. The first-order valence-electron chi connectivity index (χ1n) is 7.02. The lowest BCUT2D eigenvalue weighted by Gasteiger charge is -2.09. The van der Waals surface area contributed by atoms with Crippen molar-refractivity contribution in [2.45, 2.75) is 13.8 Å². The van der Waals surface area contributed by atoms with Gasteiger partial charge in [-0.3, -0.25) is 0 Å². The van der Waals surface area contributed by atoms with Gasteiger partial charge in [0.05, 0.1) is 24.8 Å². The van der Waals surface area contributed by atoms with Crippen molar-refractivity contribution >= 4 is 11.9 Å². The van der Waals surface area contributed by atoms with Crippen molar-refractivity contribution in [1.82, 2.24) is 0 Å². The van der Waals surface area contributed by atoms with Gasteiger partial charge in [-0.1, -0.05) is 29.8 Å². The summed E-state index contributed by atoms with van der Waals surface area (Å²) in [5.41, 5.74) is 3.48. The van der Waals surface area contributed by atoms with Crippen molar-refractivity contribution in [1.29, 1.82) is 0 Å². The quantitative estimate of drug-likeness (QED) is 0.809. The van der Waals surface area contributed by atoms with Gasteiger partial charge in [-0.2, -0.15) is 0 Å². The molecule has 0 spiro atoms. The molecule has 0 unspecified atom stereocenters. The van der Waals surface area contributed by atoms with Gasteiger partial charge in [0.15, 0.2) is 0 Å². The maximum Gasteiger partial charge on any atom is 0.338 e. The van der Waals surface area contributed by atoms with Gasteiger partial charge in [0.25, 0.3) is 0 Å². The molecular weight excluding hydrogens is 280 g/mol. The van der Waals surface area contributed by atoms with Gasteiger partial charge in [-0.15, -0.1) is 0 Å². The number of hydrogen-bond acceptors (Lipinski definition) is 4. The van der Waals surface area contributed by atoms with Crippen molar-refractivity contribution in [3.63, 3.8) is 0 Å². The Morgan fingerprint density at radius 3 is 2.05 bits per heavy atom. The molecule has 0 heterocycles. The Bertz CT molecular complexity index is 687. The van der Waals surface area contributed by atoms with Crippen LogP contribution in [0.1, 0.15) is 33.2 Å². The summed E-state index contributed by atoms with van der Waals surface area (Å²) >= 11 is 0. The zero-order valence-corrected chi connectivity index (χ0v) is 12.9. The fourth-order valence-electron chi connectivity index (χ4n) is 2.11. The molecule has 0 aliphatic rings. The van der Waals surface area contributed by atoms with Crippen LogP contribution < -0.4 is 0 Å². The number of esters is 2. The van der Waals surface area contributed by atoms with Gasteiger partial charge < -0.3 is 9.47 Å². The average molecular weight is 298 g/mol. The minimum absolute atomic E-state index is 0.279. The van der Waals surface area contributed by atoms with Gasteiger partial charge >= 0.3 is 11.9 Å². The highest BCUT2D eigenvalue weighted by molar-refractivity contribution is 5.97. The maximum atomic E-state index is 12.0. The average Bonchev–Trinajstić information content (AvgIpc) is 2.54. The van der Waals surface area contributed by atoms with E-state index in [9.17, 15) is 9.59 Å². The Hall–Kier alpha value is -2.62. The van der Waals surface area contributed by atoms with Crippen LogP contribution in [-0.2, 0) is 9.47 Å². The molecule has 0 aromatic heterocycles. The second-order valence-corrected chi connectivity index (χ2v) is 4.88. The molecule has 0 radical (unpaired) electrons. The number of aryl methyl sites for hydroxylation is 1. The first kappa shape index (κ1) is 15.8. The van der Waals surface area contributed by atoms with Crippen molar-refractivity contribution in [2.24, 2.45) is 0 Å². The van der Waals surface area contributed by atoms with Gasteiger partial charge in [-0.25, -0.2) is 9.59 Å². The molecule has 0 atom stereocenters. The summed E-state index contributed by atoms with van der Waals surface area (Å²) in [5.74, 6) is -0.943. The van der Waals surface area contributed by atoms with Crippen molar-refractivity contribution in [2.75, 3.05) is 13.7 Å². The molecule has 0 aliphatic heterocycles. The Morgan fingerprint density at radius 1 is 0.909 bits per heavy atom. The minimum Gasteiger partial charge on any atom is -0.465 e. The summed E-state index contributed by atoms with van der Waals surface area (Å²) in [6.45, 7) is 4.02. The van der Waals surface area contributed by atoms with Gasteiger partial charge in [0.1, 0.15) is 0 Å². The van der Waals surface area contributed by atoms with E-state index in [0.717, 1.165) is 16.7 Å². The molecule has 0 aliphatic carbocycles. The molecule has 2 aromatic carbocycles. The number of hydrogen-bond donors (Lipinski definition) is 0. The normalized spacial score (nSPS) is 10.1. The Balaban J connectivity index is 2.52. The SMILES string of the molecule is CCOC(=O)c1cc(C(=O)OC)cc(-c2ccc(C)cc2)c1. The zero-order valence-electron chi connectivity index (χ0n) is 12.9. The molecule has 0 fully saturated rings. The number of carbonyl (C=O) groups excluding carboxylic acids is 2. The van der Waals surface area contributed by atoms with E-state index in [-0.39, 0.29) is 6.61 Å². The molecule has 0 saturated heterocycles. The largest absolute Gasteiger partial charge is 0.465 e. The van der Waals surface area contributed by atoms with Crippen LogP contribution in [0.25, 0.3) is 11.1 Å². The molecule has 2 aromatic rings. The molecular formula is C18H18O4. The van der Waals surface area contributed by atoms with Crippen LogP contribution in [0.2, 0.25) is 0 Å². The zero-order chi connectivity index (χ0) is 16.1. The summed E-state index contributed by atoms with van der Waals surface area (Å²) in [5, 5.41) is 0. The highest BCUT2D eigenvalue weighted by Crippen LogP contribution is 2.24. The lowest BCUT2D eigenvalue weighted by Crippen LogP contribution is -2.08. The number of methoxy groups -OCH3 is 1. The lowest BCUT2D eigenvalue weighted by atomic mass is 9.99. The molecule has 0 amide bonds. The van der Waals surface area contributed by atoms with Crippen LogP contribution in [0.5, 0.6) is 0 Å². The summed E-state index contributed by atoms with van der Waals surface area (Å²) in [6.07, 6.45) is 0. The molecule has 2 rings (SSSR count). The fraction of sp³-hybridized carbons (Fsp3) is 0.222. The summed E-state index contributed by atoms with van der Waals surface area (Å²) < 4.78 is 9.77. The van der Waals surface area contributed by atoms with Gasteiger partial charge in [-0.05, 0) is 43.2 Å². The van der Waals surface area contributed by atoms with Crippen molar-refractivity contribution in [3.05, 3.63) is 59.2 Å². The van der Waals surface area contributed by atoms with E-state index < -0.39 is 11.9 Å². The van der Waals surface area contributed by atoms with E-state index in [0.29, 0.717) is 11.1 Å². The Labute approximate surface area is 129 Å². The second-order valence-electron chi connectivity index (χ2n) is 4.88. The highest BCUT2D eigenvalue weighted by atomic mass is 16.5. The van der Waals surface area contributed by atoms with Crippen LogP contribution in [0.15, 0.2) is 42.5 Å². The third-order valence-electron chi connectivity index (χ3n) is 3.25. The molecule has 114 valence electrons. The van der Waals surface area contributed by atoms with Crippen LogP contribution in [0, 0.1) is 6.92 Å². The number of benzene rings is 2. The van der Waals surface area contributed by atoms with E-state index in [2.05, 4.69) is 0 Å². The van der Waals surface area contributed by atoms with E-state index in [1.165, 1.54) is 13.2 Å². The number of rotatable bonds is 4. The third-order valence-corrected chi connectivity index (χ3v) is 3.25. The van der Waals surface area contributed by atoms with E-state index in [4.69, 9.17) is 9.47 Å². The number of carbonyl (C=O) groups is 2. The van der Waals surface area contributed by atoms with Crippen molar-refractivity contribution < 1.29 is 19.1 Å². The standard InChI is InChI=1S/C18H18O4/c1-4-22-18(20)16-10-14(9-15(11-16)17(19)21-3)13-7-5-12(2)6-8-13/h5-11H,4H2,1-3H3. The summed E-state index contributed by atoms with van der Waals surface area (Å²) in [6, 6.07) is 12.8. The van der Waals surface area contributed by atoms with E-state index in [1.807, 2.05) is 31.2 Å². The Morgan fingerprint density at radius 2 is 1.50 bits per heavy atom. The predicted molar refractivity (Wildman–Crippen MR) is 83.9 cm³/mol. The van der Waals surface area contributed by atoms with Gasteiger partial charge in [0.2, 0.25) is 0 Å². The first-order valence-corrected chi connectivity index (χ1v) is 7.02. The molecule has 0 bridgehead atoms. The molecule has 4 nitrogen and oxygen atoms in total. The monoisotopic (exact) mass is 298 g/mol. The minimum atomic E-state index is -0.487. The predicted octanol–water partition coefficient (Wildman–Crippen LogP) is 3.63. The van der Waals surface area contributed by atoms with E-state index in [1.54, 1.807) is 19.1 Å². The van der Waals surface area contributed by atoms with Crippen molar-refractivity contribution in [3.8, 4) is 11.1 Å². The second kappa shape index (κ2) is 6.89. The topological polar surface area (TPSA) is 52.6 Å². The fourth-order valence-corrected chi connectivity index (χ4v) is 2.11. The van der Waals surface area contributed by atoms with E-state index >= 15 is 0 Å². The molecule has 4 heteroatoms. The van der Waals surface area contributed by atoms with Crippen LogP contribution in [-0.4, -0.2) is 25.7 Å². The summed E-state index contributed by atoms with van der Waals surface area (Å²) in [4.78, 5) is 23.8. The molecule has 22 heavy (non-hydrogen) atoms. The van der Waals surface area contributed by atoms with Gasteiger partial charge in [0, 0.05) is 0 Å². The Kier molecular flexibility index (Phi) is 4.94. The number of ether oxygens (including phenoxy) is 2. The lowest BCUT2D eigenvalue weighted by molar-refractivity contribution is 0.0526. The molecule has 0 N–H and O–H groups in total.